The number of halogens is 1. The molecule has 0 saturated heterocycles. The first-order valence-corrected chi connectivity index (χ1v) is 11.3. The quantitative estimate of drug-likeness (QED) is 0.295. The van der Waals surface area contributed by atoms with Crippen LogP contribution in [0, 0.1) is 0 Å². The highest BCUT2D eigenvalue weighted by molar-refractivity contribution is 14.0. The molecule has 1 aromatic heterocycles. The fourth-order valence-electron chi connectivity index (χ4n) is 3.94. The molecule has 1 atom stereocenters. The molecule has 0 radical (unpaired) electrons. The first-order chi connectivity index (χ1) is 15.0. The lowest BCUT2D eigenvalue weighted by molar-refractivity contribution is -0.127. The zero-order valence-electron chi connectivity index (χ0n) is 19.6. The maximum Gasteiger partial charge on any atom is 0.243 e. The molecule has 0 fully saturated rings. The third-order valence-corrected chi connectivity index (χ3v) is 5.97. The minimum absolute atomic E-state index is 0. The predicted octanol–water partition coefficient (Wildman–Crippen LogP) is 3.88. The molecule has 1 heterocycles. The summed E-state index contributed by atoms with van der Waals surface area (Å²) in [5.41, 5.74) is 3.80. The highest BCUT2D eigenvalue weighted by atomic mass is 127. The Bertz CT molecular complexity index is 892. The Morgan fingerprint density at radius 2 is 1.97 bits per heavy atom. The van der Waals surface area contributed by atoms with Gasteiger partial charge in [0.25, 0.3) is 0 Å². The molecule has 3 rings (SSSR count). The van der Waals surface area contributed by atoms with Crippen molar-refractivity contribution in [1.29, 1.82) is 0 Å². The molecule has 7 nitrogen and oxygen atoms in total. The van der Waals surface area contributed by atoms with Crippen LogP contribution < -0.4 is 10.6 Å². The van der Waals surface area contributed by atoms with E-state index in [-0.39, 0.29) is 42.5 Å². The third-order valence-electron chi connectivity index (χ3n) is 5.97. The molecule has 0 saturated carbocycles. The second kappa shape index (κ2) is 12.8. The fourth-order valence-corrected chi connectivity index (χ4v) is 3.94. The van der Waals surface area contributed by atoms with E-state index in [0.717, 1.165) is 43.6 Å². The standard InChI is InChI=1S/C24H35N5O2.HI/c1-5-17(6-2)22-14-21(31-28-22)15-25-24(26-16-23(30)29(3)4)27-20-12-11-18-9-7-8-10-19(18)13-20;/h7-10,14,17,20H,5-6,11-13,15-16H2,1-4H3,(H2,25,26,27);1H. The van der Waals surface area contributed by atoms with Gasteiger partial charge in [0.1, 0.15) is 6.54 Å². The molecule has 32 heavy (non-hydrogen) atoms. The van der Waals surface area contributed by atoms with Crippen molar-refractivity contribution in [2.75, 3.05) is 20.6 Å². The number of fused-ring (bicyclic) bond motifs is 1. The number of carbonyl (C=O) groups excluding carboxylic acids is 1. The van der Waals surface area contributed by atoms with E-state index in [4.69, 9.17) is 4.52 Å². The summed E-state index contributed by atoms with van der Waals surface area (Å²) in [5, 5.41) is 11.1. The average molecular weight is 553 g/mol. The molecule has 1 aromatic carbocycles. The number of aliphatic imine (C=N–C) groups is 1. The normalized spacial score (nSPS) is 15.7. The molecular weight excluding hydrogens is 517 g/mol. The summed E-state index contributed by atoms with van der Waals surface area (Å²) in [7, 11) is 3.48. The summed E-state index contributed by atoms with van der Waals surface area (Å²) < 4.78 is 5.53. The van der Waals surface area contributed by atoms with E-state index >= 15 is 0 Å². The van der Waals surface area contributed by atoms with Gasteiger partial charge in [0, 0.05) is 32.1 Å². The highest BCUT2D eigenvalue weighted by Gasteiger charge is 2.20. The monoisotopic (exact) mass is 553 g/mol. The van der Waals surface area contributed by atoms with Gasteiger partial charge >= 0.3 is 0 Å². The summed E-state index contributed by atoms with van der Waals surface area (Å²) >= 11 is 0. The van der Waals surface area contributed by atoms with Crippen LogP contribution in [0.15, 0.2) is 39.8 Å². The summed E-state index contributed by atoms with van der Waals surface area (Å²) in [6, 6.07) is 10.9. The molecule has 1 aliphatic rings. The van der Waals surface area contributed by atoms with Gasteiger partial charge in [-0.05, 0) is 43.2 Å². The zero-order chi connectivity index (χ0) is 22.2. The molecule has 2 N–H and O–H groups in total. The summed E-state index contributed by atoms with van der Waals surface area (Å²) in [5.74, 6) is 1.78. The molecule has 8 heteroatoms. The lowest BCUT2D eigenvalue weighted by atomic mass is 9.88. The number of aromatic nitrogens is 1. The van der Waals surface area contributed by atoms with Gasteiger partial charge < -0.3 is 20.1 Å². The average Bonchev–Trinajstić information content (AvgIpc) is 3.24. The van der Waals surface area contributed by atoms with Crippen LogP contribution in [0.2, 0.25) is 0 Å². The maximum atomic E-state index is 12.1. The smallest absolute Gasteiger partial charge is 0.243 e. The Hall–Kier alpha value is -2.10. The number of hydrogen-bond donors (Lipinski definition) is 2. The van der Waals surface area contributed by atoms with Crippen LogP contribution in [0.5, 0.6) is 0 Å². The van der Waals surface area contributed by atoms with Gasteiger partial charge in [-0.3, -0.25) is 4.79 Å². The number of amides is 1. The second-order valence-corrected chi connectivity index (χ2v) is 8.39. The Labute approximate surface area is 208 Å². The first-order valence-electron chi connectivity index (χ1n) is 11.3. The predicted molar refractivity (Wildman–Crippen MR) is 138 cm³/mol. The van der Waals surface area contributed by atoms with Crippen LogP contribution in [-0.2, 0) is 24.2 Å². The third kappa shape index (κ3) is 7.21. The number of nitrogens with one attached hydrogen (secondary N) is 2. The minimum atomic E-state index is -0.0363. The lowest BCUT2D eigenvalue weighted by Gasteiger charge is -2.27. The van der Waals surface area contributed by atoms with Gasteiger partial charge in [-0.2, -0.15) is 0 Å². The van der Waals surface area contributed by atoms with E-state index in [1.807, 2.05) is 6.07 Å². The van der Waals surface area contributed by atoms with Gasteiger partial charge in [-0.25, -0.2) is 4.99 Å². The number of likely N-dealkylation sites (N-methyl/N-ethyl adjacent to an activating group) is 1. The largest absolute Gasteiger partial charge is 0.359 e. The van der Waals surface area contributed by atoms with Crippen molar-refractivity contribution in [3.63, 3.8) is 0 Å². The minimum Gasteiger partial charge on any atom is -0.359 e. The Balaban J connectivity index is 0.00000363. The molecule has 1 unspecified atom stereocenters. The molecule has 0 spiro atoms. The Morgan fingerprint density at radius 3 is 2.66 bits per heavy atom. The topological polar surface area (TPSA) is 82.8 Å². The van der Waals surface area contributed by atoms with Gasteiger partial charge in [0.05, 0.1) is 12.2 Å². The van der Waals surface area contributed by atoms with E-state index in [0.29, 0.717) is 18.4 Å². The van der Waals surface area contributed by atoms with Gasteiger partial charge in [0.15, 0.2) is 11.7 Å². The number of aryl methyl sites for hydroxylation is 1. The molecule has 0 aliphatic heterocycles. The zero-order valence-corrected chi connectivity index (χ0v) is 21.9. The van der Waals surface area contributed by atoms with E-state index < -0.39 is 0 Å². The number of nitrogens with zero attached hydrogens (tertiary/aromatic N) is 3. The first kappa shape index (κ1) is 26.2. The Kier molecular flexibility index (Phi) is 10.5. The van der Waals surface area contributed by atoms with Crippen LogP contribution in [0.4, 0.5) is 0 Å². The number of benzene rings is 1. The summed E-state index contributed by atoms with van der Waals surface area (Å²) in [6.07, 6.45) is 5.10. The number of hydrogen-bond acceptors (Lipinski definition) is 4. The highest BCUT2D eigenvalue weighted by Crippen LogP contribution is 2.23. The van der Waals surface area contributed by atoms with Crippen molar-refractivity contribution < 1.29 is 9.32 Å². The van der Waals surface area contributed by atoms with Crippen LogP contribution in [0.25, 0.3) is 0 Å². The van der Waals surface area contributed by atoms with E-state index in [1.165, 1.54) is 11.1 Å². The molecule has 2 aromatic rings. The van der Waals surface area contributed by atoms with Gasteiger partial charge in [0.2, 0.25) is 5.91 Å². The van der Waals surface area contributed by atoms with E-state index in [9.17, 15) is 4.79 Å². The fraction of sp³-hybridized carbons (Fsp3) is 0.542. The lowest BCUT2D eigenvalue weighted by Crippen LogP contribution is -2.46. The number of rotatable bonds is 8. The van der Waals surface area contributed by atoms with Crippen LogP contribution in [0.1, 0.15) is 61.6 Å². The maximum absolute atomic E-state index is 12.1. The number of carbonyl (C=O) groups is 1. The van der Waals surface area contributed by atoms with Gasteiger partial charge in [-0.1, -0.05) is 43.3 Å². The molecule has 176 valence electrons. The van der Waals surface area contributed by atoms with Crippen LogP contribution in [0.3, 0.4) is 0 Å². The SMILES string of the molecule is CCC(CC)c1cc(CNC(=NCC(=O)N(C)C)NC2CCc3ccccc3C2)on1.I. The molecule has 1 aliphatic carbocycles. The van der Waals surface area contributed by atoms with Crippen molar-refractivity contribution in [3.8, 4) is 0 Å². The van der Waals surface area contributed by atoms with Crippen LogP contribution >= 0.6 is 24.0 Å². The van der Waals surface area contributed by atoms with Crippen molar-refractivity contribution in [1.82, 2.24) is 20.7 Å². The van der Waals surface area contributed by atoms with Crippen molar-refractivity contribution in [3.05, 3.63) is 52.9 Å². The van der Waals surface area contributed by atoms with Crippen LogP contribution in [-0.4, -0.2) is 48.6 Å². The second-order valence-electron chi connectivity index (χ2n) is 8.39. The van der Waals surface area contributed by atoms with E-state index in [2.05, 4.69) is 58.9 Å². The molecule has 0 bridgehead atoms. The summed E-state index contributed by atoms with van der Waals surface area (Å²) in [4.78, 5) is 18.1. The van der Waals surface area contributed by atoms with Gasteiger partial charge in [-0.15, -0.1) is 24.0 Å². The summed E-state index contributed by atoms with van der Waals surface area (Å²) in [6.45, 7) is 4.90. The molecule has 1 amide bonds. The number of guanidine groups is 1. The van der Waals surface area contributed by atoms with Crippen molar-refractivity contribution >= 4 is 35.8 Å². The van der Waals surface area contributed by atoms with Crippen molar-refractivity contribution in [2.24, 2.45) is 4.99 Å². The van der Waals surface area contributed by atoms with E-state index in [1.54, 1.807) is 19.0 Å². The molecular formula is C24H36IN5O2. The Morgan fingerprint density at radius 1 is 1.25 bits per heavy atom. The van der Waals surface area contributed by atoms with Crippen molar-refractivity contribution in [2.45, 2.75) is 64.5 Å².